The quantitative estimate of drug-likeness (QED) is 0.355. The van der Waals surface area contributed by atoms with Gasteiger partial charge < -0.3 is 10.6 Å². The Balaban J connectivity index is 0.00000280. The van der Waals surface area contributed by atoms with Gasteiger partial charge in [-0.1, -0.05) is 19.1 Å². The monoisotopic (exact) mass is 520 g/mol. The number of sulfonamides is 1. The molecule has 0 unspecified atom stereocenters. The number of rotatable bonds is 5. The van der Waals surface area contributed by atoms with Crippen LogP contribution in [0.5, 0.6) is 0 Å². The number of benzene rings is 1. The summed E-state index contributed by atoms with van der Waals surface area (Å²) in [5.41, 5.74) is 1.04. The molecule has 2 fully saturated rings. The van der Waals surface area contributed by atoms with Gasteiger partial charge in [0.2, 0.25) is 10.0 Å². The first-order valence-electron chi connectivity index (χ1n) is 10.1. The summed E-state index contributed by atoms with van der Waals surface area (Å²) in [6, 6.07) is 7.67. The number of nitrogens with one attached hydrogen (secondary N) is 2. The Kier molecular flexibility index (Phi) is 9.01. The minimum Gasteiger partial charge on any atom is -0.354 e. The largest absolute Gasteiger partial charge is 0.354 e. The molecule has 1 aromatic carbocycles. The Morgan fingerprint density at radius 2 is 1.71 bits per heavy atom. The first-order valence-corrected chi connectivity index (χ1v) is 11.5. The number of guanidine groups is 1. The molecule has 1 aliphatic carbocycles. The average molecular weight is 520 g/mol. The topological polar surface area (TPSA) is 73.8 Å². The van der Waals surface area contributed by atoms with Crippen LogP contribution in [0, 0.1) is 5.92 Å². The molecule has 0 amide bonds. The summed E-state index contributed by atoms with van der Waals surface area (Å²) < 4.78 is 26.7. The Bertz CT molecular complexity index is 738. The third-order valence-corrected chi connectivity index (χ3v) is 7.58. The number of hydrogen-bond donors (Lipinski definition) is 2. The van der Waals surface area contributed by atoms with Crippen molar-refractivity contribution >= 4 is 40.0 Å². The maximum atomic E-state index is 12.6. The van der Waals surface area contributed by atoms with Crippen molar-refractivity contribution < 1.29 is 8.42 Å². The molecule has 8 heteroatoms. The van der Waals surface area contributed by atoms with Crippen molar-refractivity contribution in [2.45, 2.75) is 62.9 Å². The zero-order valence-electron chi connectivity index (χ0n) is 16.9. The van der Waals surface area contributed by atoms with Crippen molar-refractivity contribution in [3.63, 3.8) is 0 Å². The van der Waals surface area contributed by atoms with Gasteiger partial charge in [0, 0.05) is 32.7 Å². The van der Waals surface area contributed by atoms with Crippen molar-refractivity contribution in [2.24, 2.45) is 10.9 Å². The first kappa shape index (κ1) is 23.4. The second kappa shape index (κ2) is 10.8. The van der Waals surface area contributed by atoms with Gasteiger partial charge in [-0.3, -0.25) is 4.99 Å². The van der Waals surface area contributed by atoms with E-state index in [9.17, 15) is 8.42 Å². The van der Waals surface area contributed by atoms with Gasteiger partial charge in [-0.25, -0.2) is 8.42 Å². The smallest absolute Gasteiger partial charge is 0.243 e. The second-order valence-corrected chi connectivity index (χ2v) is 9.72. The molecule has 158 valence electrons. The van der Waals surface area contributed by atoms with Gasteiger partial charge in [-0.05, 0) is 62.1 Å². The Morgan fingerprint density at radius 3 is 2.29 bits per heavy atom. The highest BCUT2D eigenvalue weighted by molar-refractivity contribution is 14.0. The van der Waals surface area contributed by atoms with E-state index in [4.69, 9.17) is 0 Å². The fourth-order valence-corrected chi connectivity index (χ4v) is 5.35. The number of aliphatic imine (C=N–C) groups is 1. The SMILES string of the molecule is CN=C(NCc1ccc(S(=O)(=O)N2CCCC2)cc1)NC1CCC(C)CC1.I. The van der Waals surface area contributed by atoms with Crippen LogP contribution in [0.3, 0.4) is 0 Å². The molecule has 1 saturated carbocycles. The maximum absolute atomic E-state index is 12.6. The van der Waals surface area contributed by atoms with Crippen LogP contribution in [0.15, 0.2) is 34.2 Å². The van der Waals surface area contributed by atoms with E-state index in [1.165, 1.54) is 25.7 Å². The molecule has 1 aliphatic heterocycles. The van der Waals surface area contributed by atoms with Crippen LogP contribution >= 0.6 is 24.0 Å². The van der Waals surface area contributed by atoms with E-state index in [2.05, 4.69) is 22.5 Å². The molecule has 0 radical (unpaired) electrons. The molecule has 0 bridgehead atoms. The zero-order chi connectivity index (χ0) is 19.3. The van der Waals surface area contributed by atoms with E-state index in [0.29, 0.717) is 30.6 Å². The highest BCUT2D eigenvalue weighted by atomic mass is 127. The van der Waals surface area contributed by atoms with Crippen LogP contribution in [0.25, 0.3) is 0 Å². The summed E-state index contributed by atoms with van der Waals surface area (Å²) >= 11 is 0. The first-order chi connectivity index (χ1) is 13.0. The van der Waals surface area contributed by atoms with Crippen molar-refractivity contribution in [2.75, 3.05) is 20.1 Å². The van der Waals surface area contributed by atoms with Gasteiger partial charge in [0.05, 0.1) is 4.90 Å². The van der Waals surface area contributed by atoms with E-state index in [-0.39, 0.29) is 24.0 Å². The van der Waals surface area contributed by atoms with Crippen molar-refractivity contribution in [3.8, 4) is 0 Å². The van der Waals surface area contributed by atoms with E-state index in [1.807, 2.05) is 12.1 Å². The summed E-state index contributed by atoms with van der Waals surface area (Å²) in [5.74, 6) is 1.64. The lowest BCUT2D eigenvalue weighted by Crippen LogP contribution is -2.44. The van der Waals surface area contributed by atoms with Crippen molar-refractivity contribution in [1.82, 2.24) is 14.9 Å². The van der Waals surface area contributed by atoms with Crippen LogP contribution in [-0.2, 0) is 16.6 Å². The Labute approximate surface area is 186 Å². The van der Waals surface area contributed by atoms with Gasteiger partial charge in [0.1, 0.15) is 0 Å². The van der Waals surface area contributed by atoms with Crippen LogP contribution in [0.4, 0.5) is 0 Å². The lowest BCUT2D eigenvalue weighted by atomic mass is 9.87. The average Bonchev–Trinajstić information content (AvgIpc) is 3.23. The van der Waals surface area contributed by atoms with E-state index < -0.39 is 10.0 Å². The summed E-state index contributed by atoms with van der Waals surface area (Å²) in [6.45, 7) is 4.20. The molecule has 3 rings (SSSR count). The molecule has 0 aromatic heterocycles. The van der Waals surface area contributed by atoms with Crippen LogP contribution in [0.2, 0.25) is 0 Å². The maximum Gasteiger partial charge on any atom is 0.243 e. The minimum atomic E-state index is -3.34. The normalized spacial score (nSPS) is 23.9. The molecule has 6 nitrogen and oxygen atoms in total. The van der Waals surface area contributed by atoms with Gasteiger partial charge in [0.15, 0.2) is 5.96 Å². The third kappa shape index (κ3) is 6.06. The van der Waals surface area contributed by atoms with Crippen LogP contribution < -0.4 is 10.6 Å². The Hall–Kier alpha value is -0.870. The number of hydrogen-bond acceptors (Lipinski definition) is 3. The fourth-order valence-electron chi connectivity index (χ4n) is 3.84. The standard InChI is InChI=1S/C20H32N4O2S.HI/c1-16-5-9-18(10-6-16)23-20(21-2)22-15-17-7-11-19(12-8-17)27(25,26)24-13-3-4-14-24;/h7-8,11-12,16,18H,3-6,9-10,13-15H2,1-2H3,(H2,21,22,23);1H. The summed E-state index contributed by atoms with van der Waals surface area (Å²) in [5, 5.41) is 6.84. The van der Waals surface area contributed by atoms with Crippen LogP contribution in [-0.4, -0.2) is 44.9 Å². The highest BCUT2D eigenvalue weighted by Crippen LogP contribution is 2.23. The predicted octanol–water partition coefficient (Wildman–Crippen LogP) is 3.33. The third-order valence-electron chi connectivity index (χ3n) is 5.67. The molecule has 0 spiro atoms. The fraction of sp³-hybridized carbons (Fsp3) is 0.650. The predicted molar refractivity (Wildman–Crippen MR) is 125 cm³/mol. The number of nitrogens with zero attached hydrogens (tertiary/aromatic N) is 2. The molecule has 1 saturated heterocycles. The molecular weight excluding hydrogens is 487 g/mol. The van der Waals surface area contributed by atoms with Gasteiger partial charge in [0.25, 0.3) is 0 Å². The van der Waals surface area contributed by atoms with E-state index >= 15 is 0 Å². The summed E-state index contributed by atoms with van der Waals surface area (Å²) in [7, 11) is -1.55. The molecule has 2 aliphatic rings. The lowest BCUT2D eigenvalue weighted by Gasteiger charge is -2.28. The number of halogens is 1. The second-order valence-electron chi connectivity index (χ2n) is 7.78. The summed E-state index contributed by atoms with van der Waals surface area (Å²) in [4.78, 5) is 4.70. The van der Waals surface area contributed by atoms with Crippen LogP contribution in [0.1, 0.15) is 51.0 Å². The Morgan fingerprint density at radius 1 is 1.11 bits per heavy atom. The molecule has 2 N–H and O–H groups in total. The van der Waals surface area contributed by atoms with Crippen molar-refractivity contribution in [3.05, 3.63) is 29.8 Å². The minimum absolute atomic E-state index is 0. The zero-order valence-corrected chi connectivity index (χ0v) is 20.0. The highest BCUT2D eigenvalue weighted by Gasteiger charge is 2.26. The van der Waals surface area contributed by atoms with Gasteiger partial charge in [-0.2, -0.15) is 4.31 Å². The molecule has 1 heterocycles. The van der Waals surface area contributed by atoms with E-state index in [1.54, 1.807) is 23.5 Å². The van der Waals surface area contributed by atoms with Crippen molar-refractivity contribution in [1.29, 1.82) is 0 Å². The van der Waals surface area contributed by atoms with E-state index in [0.717, 1.165) is 30.3 Å². The van der Waals surface area contributed by atoms with Gasteiger partial charge >= 0.3 is 0 Å². The molecule has 1 aromatic rings. The summed E-state index contributed by atoms with van der Waals surface area (Å²) in [6.07, 6.45) is 6.81. The lowest BCUT2D eigenvalue weighted by molar-refractivity contribution is 0.329. The molecule has 0 atom stereocenters. The van der Waals surface area contributed by atoms with Gasteiger partial charge in [-0.15, -0.1) is 24.0 Å². The molecular formula is C20H33IN4O2S. The molecule has 28 heavy (non-hydrogen) atoms.